The van der Waals surface area contributed by atoms with Gasteiger partial charge in [0.25, 0.3) is 0 Å². The lowest BCUT2D eigenvalue weighted by atomic mass is 9.95. The van der Waals surface area contributed by atoms with E-state index in [1.165, 1.54) is 19.3 Å². The van der Waals surface area contributed by atoms with Gasteiger partial charge in [-0.15, -0.1) is 0 Å². The minimum atomic E-state index is -0.0752. The van der Waals surface area contributed by atoms with Crippen molar-refractivity contribution in [2.45, 2.75) is 44.7 Å². The molecule has 24 heavy (non-hydrogen) atoms. The smallest absolute Gasteiger partial charge is 0.320 e. The van der Waals surface area contributed by atoms with E-state index in [-0.39, 0.29) is 24.5 Å². The molecule has 130 valence electrons. The maximum absolute atomic E-state index is 12.5. The van der Waals surface area contributed by atoms with Gasteiger partial charge >= 0.3 is 6.03 Å². The molecule has 2 fully saturated rings. The molecule has 1 saturated heterocycles. The van der Waals surface area contributed by atoms with Gasteiger partial charge in [0.15, 0.2) is 0 Å². The number of hydrogen-bond donors (Lipinski definition) is 1. The third-order valence-corrected chi connectivity index (χ3v) is 4.98. The highest BCUT2D eigenvalue weighted by Crippen LogP contribution is 2.18. The second-order valence-electron chi connectivity index (χ2n) is 6.66. The molecule has 2 aliphatic rings. The first-order chi connectivity index (χ1) is 11.6. The predicted octanol–water partition coefficient (Wildman–Crippen LogP) is 3.03. The third-order valence-electron chi connectivity index (χ3n) is 4.75. The first-order valence-electron chi connectivity index (χ1n) is 8.69. The molecule has 0 aromatic heterocycles. The number of amides is 3. The van der Waals surface area contributed by atoms with Gasteiger partial charge in [0, 0.05) is 30.7 Å². The van der Waals surface area contributed by atoms with Gasteiger partial charge in [-0.25, -0.2) is 4.79 Å². The van der Waals surface area contributed by atoms with Gasteiger partial charge in [-0.05, 0) is 30.5 Å². The highest BCUT2D eigenvalue weighted by atomic mass is 35.5. The SMILES string of the molecule is O=C(CN1CCN(Cc2cccc(Cl)c2)C1=O)NC1CCCCC1. The maximum Gasteiger partial charge on any atom is 0.320 e. The van der Waals surface area contributed by atoms with E-state index in [1.807, 2.05) is 24.3 Å². The standard InChI is InChI=1S/C18H24ClN3O2/c19-15-6-4-5-14(11-15)12-21-9-10-22(18(21)24)13-17(23)20-16-7-2-1-3-8-16/h4-6,11,16H,1-3,7-10,12-13H2,(H,20,23). The molecule has 1 saturated carbocycles. The second kappa shape index (κ2) is 7.88. The van der Waals surface area contributed by atoms with Crippen molar-refractivity contribution < 1.29 is 9.59 Å². The van der Waals surface area contributed by atoms with Crippen LogP contribution in [0.2, 0.25) is 5.02 Å². The lowest BCUT2D eigenvalue weighted by molar-refractivity contribution is -0.122. The Morgan fingerprint density at radius 1 is 1.17 bits per heavy atom. The molecule has 1 aromatic rings. The zero-order valence-corrected chi connectivity index (χ0v) is 14.6. The second-order valence-corrected chi connectivity index (χ2v) is 7.09. The summed E-state index contributed by atoms with van der Waals surface area (Å²) >= 11 is 5.99. The van der Waals surface area contributed by atoms with Crippen LogP contribution in [0.3, 0.4) is 0 Å². The Morgan fingerprint density at radius 2 is 1.92 bits per heavy atom. The number of carbonyl (C=O) groups is 2. The molecular formula is C18H24ClN3O2. The molecule has 0 spiro atoms. The fraction of sp³-hybridized carbons (Fsp3) is 0.556. The Kier molecular flexibility index (Phi) is 5.61. The molecular weight excluding hydrogens is 326 g/mol. The lowest BCUT2D eigenvalue weighted by Gasteiger charge is -2.24. The van der Waals surface area contributed by atoms with Gasteiger partial charge in [-0.2, -0.15) is 0 Å². The number of rotatable bonds is 5. The van der Waals surface area contributed by atoms with Crippen LogP contribution in [-0.2, 0) is 11.3 Å². The summed E-state index contributed by atoms with van der Waals surface area (Å²) in [6.07, 6.45) is 5.73. The van der Waals surface area contributed by atoms with Crippen LogP contribution in [0.5, 0.6) is 0 Å². The minimum absolute atomic E-state index is 0.0418. The topological polar surface area (TPSA) is 52.7 Å². The summed E-state index contributed by atoms with van der Waals surface area (Å²) in [5.74, 6) is -0.0418. The first kappa shape index (κ1) is 17.1. The number of nitrogens with zero attached hydrogens (tertiary/aromatic N) is 2. The molecule has 1 N–H and O–H groups in total. The largest absolute Gasteiger partial charge is 0.352 e. The lowest BCUT2D eigenvalue weighted by Crippen LogP contribution is -2.44. The minimum Gasteiger partial charge on any atom is -0.352 e. The average molecular weight is 350 g/mol. The fourth-order valence-corrected chi connectivity index (χ4v) is 3.69. The quantitative estimate of drug-likeness (QED) is 0.888. The average Bonchev–Trinajstić information content (AvgIpc) is 2.89. The molecule has 0 atom stereocenters. The van der Waals surface area contributed by atoms with E-state index in [0.717, 1.165) is 18.4 Å². The summed E-state index contributed by atoms with van der Waals surface area (Å²) in [5.41, 5.74) is 1.00. The summed E-state index contributed by atoms with van der Waals surface area (Å²) in [6, 6.07) is 7.73. The van der Waals surface area contributed by atoms with Crippen LogP contribution in [0.25, 0.3) is 0 Å². The third kappa shape index (κ3) is 4.41. The van der Waals surface area contributed by atoms with Crippen molar-refractivity contribution in [1.82, 2.24) is 15.1 Å². The van der Waals surface area contributed by atoms with E-state index in [0.29, 0.717) is 24.7 Å². The van der Waals surface area contributed by atoms with Crippen LogP contribution in [0.15, 0.2) is 24.3 Å². The van der Waals surface area contributed by atoms with Crippen molar-refractivity contribution in [3.05, 3.63) is 34.9 Å². The summed E-state index contributed by atoms with van der Waals surface area (Å²) < 4.78 is 0. The molecule has 0 bridgehead atoms. The molecule has 6 heteroatoms. The molecule has 0 radical (unpaired) electrons. The summed E-state index contributed by atoms with van der Waals surface area (Å²) in [6.45, 7) is 1.92. The van der Waals surface area contributed by atoms with Crippen molar-refractivity contribution in [3.63, 3.8) is 0 Å². The molecule has 3 amide bonds. The number of halogens is 1. The number of hydrogen-bond acceptors (Lipinski definition) is 2. The van der Waals surface area contributed by atoms with Crippen LogP contribution in [0.1, 0.15) is 37.7 Å². The van der Waals surface area contributed by atoms with Gasteiger partial charge in [-0.3, -0.25) is 4.79 Å². The van der Waals surface area contributed by atoms with E-state index in [9.17, 15) is 9.59 Å². The van der Waals surface area contributed by atoms with Gasteiger partial charge in [0.2, 0.25) is 5.91 Å². The van der Waals surface area contributed by atoms with Crippen molar-refractivity contribution >= 4 is 23.5 Å². The molecule has 1 heterocycles. The fourth-order valence-electron chi connectivity index (χ4n) is 3.48. The van der Waals surface area contributed by atoms with E-state index in [1.54, 1.807) is 9.80 Å². The van der Waals surface area contributed by atoms with Crippen LogP contribution >= 0.6 is 11.6 Å². The monoisotopic (exact) mass is 349 g/mol. The van der Waals surface area contributed by atoms with E-state index < -0.39 is 0 Å². The van der Waals surface area contributed by atoms with E-state index in [4.69, 9.17) is 11.6 Å². The van der Waals surface area contributed by atoms with E-state index >= 15 is 0 Å². The van der Waals surface area contributed by atoms with Crippen molar-refractivity contribution in [3.8, 4) is 0 Å². The molecule has 3 rings (SSSR count). The summed E-state index contributed by atoms with van der Waals surface area (Å²) in [4.78, 5) is 28.0. The van der Waals surface area contributed by atoms with Crippen molar-refractivity contribution in [2.24, 2.45) is 0 Å². The Balaban J connectivity index is 1.49. The predicted molar refractivity (Wildman–Crippen MR) is 93.8 cm³/mol. The van der Waals surface area contributed by atoms with Gasteiger partial charge < -0.3 is 15.1 Å². The van der Waals surface area contributed by atoms with Gasteiger partial charge in [0.1, 0.15) is 6.54 Å². The number of nitrogens with one attached hydrogen (secondary N) is 1. The highest BCUT2D eigenvalue weighted by molar-refractivity contribution is 6.30. The molecule has 5 nitrogen and oxygen atoms in total. The van der Waals surface area contributed by atoms with Crippen LogP contribution < -0.4 is 5.32 Å². The van der Waals surface area contributed by atoms with Crippen LogP contribution in [0, 0.1) is 0 Å². The number of urea groups is 1. The summed E-state index contributed by atoms with van der Waals surface area (Å²) in [5, 5.41) is 3.74. The Hall–Kier alpha value is -1.75. The molecule has 1 aliphatic heterocycles. The van der Waals surface area contributed by atoms with Crippen LogP contribution in [0.4, 0.5) is 4.79 Å². The van der Waals surface area contributed by atoms with Crippen LogP contribution in [-0.4, -0.2) is 47.4 Å². The number of benzene rings is 1. The van der Waals surface area contributed by atoms with Crippen molar-refractivity contribution in [1.29, 1.82) is 0 Å². The van der Waals surface area contributed by atoms with Crippen molar-refractivity contribution in [2.75, 3.05) is 19.6 Å². The Morgan fingerprint density at radius 3 is 2.67 bits per heavy atom. The molecule has 0 unspecified atom stereocenters. The summed E-state index contributed by atoms with van der Waals surface area (Å²) in [7, 11) is 0. The normalized spacial score (nSPS) is 19.0. The van der Waals surface area contributed by atoms with Gasteiger partial charge in [0.05, 0.1) is 0 Å². The van der Waals surface area contributed by atoms with E-state index in [2.05, 4.69) is 5.32 Å². The number of carbonyl (C=O) groups excluding carboxylic acids is 2. The maximum atomic E-state index is 12.5. The highest BCUT2D eigenvalue weighted by Gasteiger charge is 2.30. The zero-order chi connectivity index (χ0) is 16.9. The Bertz CT molecular complexity index is 602. The van der Waals surface area contributed by atoms with Gasteiger partial charge in [-0.1, -0.05) is 43.0 Å². The first-order valence-corrected chi connectivity index (χ1v) is 9.07. The molecule has 1 aromatic carbocycles. The molecule has 1 aliphatic carbocycles. The zero-order valence-electron chi connectivity index (χ0n) is 13.8. The Labute approximate surface area is 147 Å².